The van der Waals surface area contributed by atoms with E-state index in [9.17, 15) is 9.59 Å². The zero-order valence-electron chi connectivity index (χ0n) is 14.3. The average molecular weight is 359 g/mol. The van der Waals surface area contributed by atoms with Crippen LogP contribution in [0.5, 0.6) is 0 Å². The number of unbranched alkanes of at least 4 members (excludes halogenated alkanes) is 1. The van der Waals surface area contributed by atoms with Crippen molar-refractivity contribution in [1.82, 2.24) is 5.32 Å². The SMILES string of the molecule is CCCCc1ccc(NC(=O)C(=O)NCCc2ccc(Cl)cc2)cc1. The van der Waals surface area contributed by atoms with Gasteiger partial charge in [0.15, 0.2) is 0 Å². The number of halogens is 1. The number of amides is 2. The molecule has 25 heavy (non-hydrogen) atoms. The van der Waals surface area contributed by atoms with Gasteiger partial charge < -0.3 is 10.6 Å². The molecule has 2 aromatic rings. The summed E-state index contributed by atoms with van der Waals surface area (Å²) >= 11 is 5.83. The van der Waals surface area contributed by atoms with E-state index in [1.165, 1.54) is 5.56 Å². The van der Waals surface area contributed by atoms with Gasteiger partial charge in [0.2, 0.25) is 0 Å². The molecule has 0 heterocycles. The van der Waals surface area contributed by atoms with Gasteiger partial charge in [-0.05, 0) is 54.7 Å². The number of hydrogen-bond donors (Lipinski definition) is 2. The first-order valence-corrected chi connectivity index (χ1v) is 8.89. The summed E-state index contributed by atoms with van der Waals surface area (Å²) in [6.45, 7) is 2.55. The first-order chi connectivity index (χ1) is 12.1. The van der Waals surface area contributed by atoms with Crippen LogP contribution in [0.1, 0.15) is 30.9 Å². The second-order valence-electron chi connectivity index (χ2n) is 5.89. The summed E-state index contributed by atoms with van der Waals surface area (Å²) in [5.41, 5.74) is 2.90. The molecule has 0 fully saturated rings. The Morgan fingerprint density at radius 1 is 0.880 bits per heavy atom. The molecule has 0 saturated heterocycles. The lowest BCUT2D eigenvalue weighted by Crippen LogP contribution is -2.36. The second kappa shape index (κ2) is 9.84. The Kier molecular flexibility index (Phi) is 7.48. The molecule has 2 amide bonds. The Balaban J connectivity index is 1.75. The van der Waals surface area contributed by atoms with Crippen LogP contribution in [0.15, 0.2) is 48.5 Å². The molecule has 0 aromatic heterocycles. The van der Waals surface area contributed by atoms with Crippen molar-refractivity contribution in [3.63, 3.8) is 0 Å². The van der Waals surface area contributed by atoms with Gasteiger partial charge in [-0.1, -0.05) is 49.2 Å². The van der Waals surface area contributed by atoms with Crippen molar-refractivity contribution < 1.29 is 9.59 Å². The standard InChI is InChI=1S/C20H23ClN2O2/c1-2-3-4-15-7-11-18(12-8-15)23-20(25)19(24)22-14-13-16-5-9-17(21)10-6-16/h5-12H,2-4,13-14H2,1H3,(H,22,24)(H,23,25). The summed E-state index contributed by atoms with van der Waals surface area (Å²) in [7, 11) is 0. The lowest BCUT2D eigenvalue weighted by atomic mass is 10.1. The van der Waals surface area contributed by atoms with E-state index >= 15 is 0 Å². The zero-order valence-corrected chi connectivity index (χ0v) is 15.1. The number of carbonyl (C=O) groups is 2. The molecule has 0 spiro atoms. The lowest BCUT2D eigenvalue weighted by Gasteiger charge is -2.08. The van der Waals surface area contributed by atoms with Gasteiger partial charge in [0.1, 0.15) is 0 Å². The van der Waals surface area contributed by atoms with Crippen LogP contribution in [0.4, 0.5) is 5.69 Å². The maximum absolute atomic E-state index is 11.9. The number of nitrogens with one attached hydrogen (secondary N) is 2. The van der Waals surface area contributed by atoms with Crippen molar-refractivity contribution in [1.29, 1.82) is 0 Å². The molecule has 2 N–H and O–H groups in total. The minimum Gasteiger partial charge on any atom is -0.347 e. The highest BCUT2D eigenvalue weighted by atomic mass is 35.5. The molecule has 0 unspecified atom stereocenters. The molecular formula is C20H23ClN2O2. The molecule has 132 valence electrons. The molecule has 2 rings (SSSR count). The van der Waals surface area contributed by atoms with Gasteiger partial charge in [0.25, 0.3) is 0 Å². The van der Waals surface area contributed by atoms with Crippen LogP contribution >= 0.6 is 11.6 Å². The summed E-state index contributed by atoms with van der Waals surface area (Å²) in [5.74, 6) is -1.29. The monoisotopic (exact) mass is 358 g/mol. The Morgan fingerprint density at radius 2 is 1.48 bits per heavy atom. The van der Waals surface area contributed by atoms with E-state index < -0.39 is 11.8 Å². The first kappa shape index (κ1) is 19.0. The largest absolute Gasteiger partial charge is 0.347 e. The van der Waals surface area contributed by atoms with E-state index in [-0.39, 0.29) is 0 Å². The van der Waals surface area contributed by atoms with Gasteiger partial charge in [0, 0.05) is 17.3 Å². The van der Waals surface area contributed by atoms with Crippen molar-refractivity contribution in [2.24, 2.45) is 0 Å². The van der Waals surface area contributed by atoms with E-state index in [4.69, 9.17) is 11.6 Å². The minimum atomic E-state index is -0.655. The van der Waals surface area contributed by atoms with Gasteiger partial charge in [-0.3, -0.25) is 9.59 Å². The first-order valence-electron chi connectivity index (χ1n) is 8.51. The van der Waals surface area contributed by atoms with E-state index in [1.807, 2.05) is 36.4 Å². The van der Waals surface area contributed by atoms with E-state index in [0.717, 1.165) is 24.8 Å². The second-order valence-corrected chi connectivity index (χ2v) is 6.32. The number of hydrogen-bond acceptors (Lipinski definition) is 2. The molecule has 0 aliphatic rings. The Morgan fingerprint density at radius 3 is 2.12 bits per heavy atom. The van der Waals surface area contributed by atoms with E-state index in [1.54, 1.807) is 12.1 Å². The third-order valence-electron chi connectivity index (χ3n) is 3.85. The summed E-state index contributed by atoms with van der Waals surface area (Å²) in [5, 5.41) is 5.91. The van der Waals surface area contributed by atoms with Gasteiger partial charge in [-0.25, -0.2) is 0 Å². The molecule has 0 radical (unpaired) electrons. The quantitative estimate of drug-likeness (QED) is 0.735. The van der Waals surface area contributed by atoms with Crippen LogP contribution in [-0.2, 0) is 22.4 Å². The molecule has 0 aliphatic heterocycles. The van der Waals surface area contributed by atoms with Crippen molar-refractivity contribution in [2.75, 3.05) is 11.9 Å². The number of benzene rings is 2. The van der Waals surface area contributed by atoms with Crippen LogP contribution in [0.2, 0.25) is 5.02 Å². The fraction of sp³-hybridized carbons (Fsp3) is 0.300. The van der Waals surface area contributed by atoms with Crippen LogP contribution in [0.3, 0.4) is 0 Å². The Bertz CT molecular complexity index is 697. The van der Waals surface area contributed by atoms with Crippen molar-refractivity contribution in [3.8, 4) is 0 Å². The Hall–Kier alpha value is -2.33. The molecule has 0 saturated carbocycles. The van der Waals surface area contributed by atoms with E-state index in [0.29, 0.717) is 23.7 Å². The average Bonchev–Trinajstić information content (AvgIpc) is 2.62. The Labute approximate surface area is 153 Å². The molecule has 2 aromatic carbocycles. The molecular weight excluding hydrogens is 336 g/mol. The number of rotatable bonds is 7. The van der Waals surface area contributed by atoms with Crippen molar-refractivity contribution >= 4 is 29.1 Å². The van der Waals surface area contributed by atoms with Crippen LogP contribution in [0, 0.1) is 0 Å². The maximum Gasteiger partial charge on any atom is 0.313 e. The maximum atomic E-state index is 11.9. The smallest absolute Gasteiger partial charge is 0.313 e. The number of carbonyl (C=O) groups excluding carboxylic acids is 2. The predicted molar refractivity (Wildman–Crippen MR) is 102 cm³/mol. The highest BCUT2D eigenvalue weighted by molar-refractivity contribution is 6.39. The third-order valence-corrected chi connectivity index (χ3v) is 4.10. The zero-order chi connectivity index (χ0) is 18.1. The van der Waals surface area contributed by atoms with Gasteiger partial charge in [-0.2, -0.15) is 0 Å². The molecule has 5 heteroatoms. The molecule has 0 aliphatic carbocycles. The summed E-state index contributed by atoms with van der Waals surface area (Å²) in [4.78, 5) is 23.8. The highest BCUT2D eigenvalue weighted by Crippen LogP contribution is 2.12. The molecule has 0 bridgehead atoms. The van der Waals surface area contributed by atoms with Gasteiger partial charge in [0.05, 0.1) is 0 Å². The highest BCUT2D eigenvalue weighted by Gasteiger charge is 2.13. The predicted octanol–water partition coefficient (Wildman–Crippen LogP) is 3.98. The van der Waals surface area contributed by atoms with Crippen LogP contribution < -0.4 is 10.6 Å². The van der Waals surface area contributed by atoms with Crippen LogP contribution in [-0.4, -0.2) is 18.4 Å². The van der Waals surface area contributed by atoms with Gasteiger partial charge >= 0.3 is 11.8 Å². The fourth-order valence-electron chi connectivity index (χ4n) is 2.38. The van der Waals surface area contributed by atoms with Crippen molar-refractivity contribution in [2.45, 2.75) is 32.6 Å². The molecule has 4 nitrogen and oxygen atoms in total. The minimum absolute atomic E-state index is 0.393. The summed E-state index contributed by atoms with van der Waals surface area (Å²) in [6.07, 6.45) is 3.95. The summed E-state index contributed by atoms with van der Waals surface area (Å²) < 4.78 is 0. The van der Waals surface area contributed by atoms with Crippen LogP contribution in [0.25, 0.3) is 0 Å². The molecule has 0 atom stereocenters. The van der Waals surface area contributed by atoms with E-state index in [2.05, 4.69) is 17.6 Å². The lowest BCUT2D eigenvalue weighted by molar-refractivity contribution is -0.136. The topological polar surface area (TPSA) is 58.2 Å². The normalized spacial score (nSPS) is 10.3. The summed E-state index contributed by atoms with van der Waals surface area (Å²) in [6, 6.07) is 15.0. The van der Waals surface area contributed by atoms with Gasteiger partial charge in [-0.15, -0.1) is 0 Å². The fourth-order valence-corrected chi connectivity index (χ4v) is 2.50. The number of aryl methyl sites for hydroxylation is 1. The van der Waals surface area contributed by atoms with Crippen molar-refractivity contribution in [3.05, 3.63) is 64.7 Å². The third kappa shape index (κ3) is 6.59. The number of anilines is 1.